The molecule has 0 aliphatic rings. The van der Waals surface area contributed by atoms with Crippen molar-refractivity contribution in [2.24, 2.45) is 0 Å². The van der Waals surface area contributed by atoms with E-state index in [1.165, 1.54) is 37.3 Å². The number of benzene rings is 2. The fraction of sp³-hybridized carbons (Fsp3) is 0.0625. The largest absolute Gasteiger partial charge is 0.618 e. The Morgan fingerprint density at radius 1 is 0.955 bits per heavy atom. The molecule has 1 heterocycles. The Morgan fingerprint density at radius 3 is 2.14 bits per heavy atom. The quantitative estimate of drug-likeness (QED) is 0.411. The highest BCUT2D eigenvalue weighted by Crippen LogP contribution is 2.15. The van der Waals surface area contributed by atoms with Gasteiger partial charge >= 0.3 is 5.69 Å². The summed E-state index contributed by atoms with van der Waals surface area (Å²) in [7, 11) is 0. The van der Waals surface area contributed by atoms with Gasteiger partial charge in [-0.15, -0.1) is 0 Å². The molecule has 2 aromatic carbocycles. The number of aromatic nitrogens is 2. The van der Waals surface area contributed by atoms with Crippen LogP contribution in [-0.2, 0) is 0 Å². The predicted octanol–water partition coefficient (Wildman–Crippen LogP) is 1.79. The third-order valence-electron chi connectivity index (χ3n) is 3.50. The summed E-state index contributed by atoms with van der Waals surface area (Å²) < 4.78 is 14.7. The monoisotopic (exact) mass is 298 g/mol. The summed E-state index contributed by atoms with van der Waals surface area (Å²) in [5.41, 5.74) is -0.478. The van der Waals surface area contributed by atoms with Gasteiger partial charge in [0.25, 0.3) is 22.5 Å². The van der Waals surface area contributed by atoms with Crippen LogP contribution in [0.1, 0.15) is 21.7 Å². The van der Waals surface area contributed by atoms with Gasteiger partial charge in [0.15, 0.2) is 0 Å². The van der Waals surface area contributed by atoms with E-state index >= 15 is 0 Å². The number of para-hydroxylation sites is 2. The Labute approximate surface area is 125 Å². The Hall–Kier alpha value is -3.02. The average Bonchev–Trinajstić information content (AvgIpc) is 2.53. The molecule has 0 aliphatic heterocycles. The van der Waals surface area contributed by atoms with Crippen LogP contribution >= 0.6 is 0 Å². The Kier molecular flexibility index (Phi) is 3.21. The van der Waals surface area contributed by atoms with Crippen molar-refractivity contribution in [3.8, 4) is 0 Å². The van der Waals surface area contributed by atoms with Crippen molar-refractivity contribution in [2.45, 2.75) is 6.92 Å². The second kappa shape index (κ2) is 5.07. The number of carbonyl (C=O) groups excluding carboxylic acids is 1. The molecule has 0 spiro atoms. The van der Waals surface area contributed by atoms with Crippen molar-refractivity contribution >= 4 is 16.8 Å². The summed E-state index contributed by atoms with van der Waals surface area (Å²) in [6, 6.07) is 11.5. The smallest absolute Gasteiger partial charge is 0.334 e. The molecule has 0 aliphatic carbocycles. The summed E-state index contributed by atoms with van der Waals surface area (Å²) in [5, 5.41) is 24.7. The van der Waals surface area contributed by atoms with E-state index in [1.807, 2.05) is 0 Å². The summed E-state index contributed by atoms with van der Waals surface area (Å²) in [4.78, 5) is 12.5. The lowest BCUT2D eigenvalue weighted by molar-refractivity contribution is -0.635. The molecule has 3 rings (SSSR count). The molecule has 0 saturated heterocycles. The first-order valence-corrected chi connectivity index (χ1v) is 6.56. The van der Waals surface area contributed by atoms with E-state index in [-0.39, 0.29) is 28.0 Å². The predicted molar refractivity (Wildman–Crippen MR) is 76.4 cm³/mol. The van der Waals surface area contributed by atoms with Gasteiger partial charge in [-0.05, 0) is 12.1 Å². The van der Waals surface area contributed by atoms with Crippen molar-refractivity contribution in [1.29, 1.82) is 0 Å². The van der Waals surface area contributed by atoms with Crippen LogP contribution < -0.4 is 9.46 Å². The van der Waals surface area contributed by atoms with Crippen molar-refractivity contribution < 1.29 is 18.6 Å². The molecule has 110 valence electrons. The second-order valence-corrected chi connectivity index (χ2v) is 4.82. The standard InChI is InChI=1S/C16H11FN2O3/c1-10-15(16(20)11-6-2-3-7-12(11)17)19(22)14-9-5-4-8-13(14)18(10)21/h2-9H,1H3. The van der Waals surface area contributed by atoms with E-state index < -0.39 is 11.6 Å². The zero-order valence-electron chi connectivity index (χ0n) is 11.6. The second-order valence-electron chi connectivity index (χ2n) is 4.82. The lowest BCUT2D eigenvalue weighted by Crippen LogP contribution is -2.46. The number of ketones is 1. The third kappa shape index (κ3) is 1.96. The van der Waals surface area contributed by atoms with Gasteiger partial charge in [-0.2, -0.15) is 9.46 Å². The molecule has 0 fully saturated rings. The van der Waals surface area contributed by atoms with E-state index in [2.05, 4.69) is 0 Å². The molecule has 0 unspecified atom stereocenters. The Morgan fingerprint density at radius 2 is 1.50 bits per heavy atom. The highest BCUT2D eigenvalue weighted by molar-refractivity contribution is 6.07. The van der Waals surface area contributed by atoms with Crippen molar-refractivity contribution in [3.05, 3.63) is 81.7 Å². The highest BCUT2D eigenvalue weighted by atomic mass is 19.1. The molecule has 0 radical (unpaired) electrons. The number of halogens is 1. The molecule has 0 amide bonds. The molecular weight excluding hydrogens is 287 g/mol. The third-order valence-corrected chi connectivity index (χ3v) is 3.50. The highest BCUT2D eigenvalue weighted by Gasteiger charge is 2.32. The summed E-state index contributed by atoms with van der Waals surface area (Å²) in [5.74, 6) is -1.56. The minimum atomic E-state index is -0.819. The van der Waals surface area contributed by atoms with Crippen LogP contribution in [0.4, 0.5) is 4.39 Å². The topological polar surface area (TPSA) is 71.0 Å². The molecule has 0 N–H and O–H groups in total. The minimum Gasteiger partial charge on any atom is -0.618 e. The lowest BCUT2D eigenvalue weighted by atomic mass is 10.1. The molecule has 3 aromatic rings. The fourth-order valence-corrected chi connectivity index (χ4v) is 2.38. The maximum absolute atomic E-state index is 13.8. The van der Waals surface area contributed by atoms with Gasteiger partial charge in [0.05, 0.1) is 5.56 Å². The summed E-state index contributed by atoms with van der Waals surface area (Å²) in [6.45, 7) is 1.36. The normalized spacial score (nSPS) is 10.8. The summed E-state index contributed by atoms with van der Waals surface area (Å²) in [6.07, 6.45) is 0. The van der Waals surface area contributed by atoms with Gasteiger partial charge in [-0.1, -0.05) is 24.3 Å². The first-order valence-electron chi connectivity index (χ1n) is 6.56. The maximum Gasteiger partial charge on any atom is 0.334 e. The van der Waals surface area contributed by atoms with Gasteiger partial charge in [0.1, 0.15) is 5.82 Å². The molecular formula is C16H11FN2O3. The lowest BCUT2D eigenvalue weighted by Gasteiger charge is -2.10. The van der Waals surface area contributed by atoms with Crippen LogP contribution in [0.2, 0.25) is 0 Å². The van der Waals surface area contributed by atoms with Gasteiger partial charge in [-0.3, -0.25) is 4.79 Å². The number of hydrogen-bond acceptors (Lipinski definition) is 3. The van der Waals surface area contributed by atoms with Crippen LogP contribution in [-0.4, -0.2) is 5.78 Å². The molecule has 0 saturated carbocycles. The first-order chi connectivity index (χ1) is 10.5. The van der Waals surface area contributed by atoms with Crippen LogP contribution in [0.5, 0.6) is 0 Å². The summed E-state index contributed by atoms with van der Waals surface area (Å²) >= 11 is 0. The number of nitrogens with zero attached hydrogens (tertiary/aromatic N) is 2. The van der Waals surface area contributed by atoms with Gasteiger partial charge in [0, 0.05) is 19.1 Å². The van der Waals surface area contributed by atoms with E-state index in [1.54, 1.807) is 12.1 Å². The molecule has 22 heavy (non-hydrogen) atoms. The molecule has 6 heteroatoms. The zero-order chi connectivity index (χ0) is 15.9. The molecule has 0 atom stereocenters. The number of carbonyl (C=O) groups is 1. The SMILES string of the molecule is Cc1c(C(=O)c2ccccc2F)[n+]([O-])c2ccccc2[n+]1[O-]. The van der Waals surface area contributed by atoms with Crippen molar-refractivity contribution in [3.63, 3.8) is 0 Å². The van der Waals surface area contributed by atoms with E-state index in [0.29, 0.717) is 9.46 Å². The first kappa shape index (κ1) is 13.9. The molecule has 0 bridgehead atoms. The van der Waals surface area contributed by atoms with Gasteiger partial charge < -0.3 is 10.4 Å². The van der Waals surface area contributed by atoms with Crippen molar-refractivity contribution in [1.82, 2.24) is 0 Å². The fourth-order valence-electron chi connectivity index (χ4n) is 2.38. The minimum absolute atomic E-state index is 0.0581. The van der Waals surface area contributed by atoms with E-state index in [9.17, 15) is 19.6 Å². The number of rotatable bonds is 2. The van der Waals surface area contributed by atoms with Crippen LogP contribution in [0.25, 0.3) is 11.0 Å². The average molecular weight is 298 g/mol. The van der Waals surface area contributed by atoms with Crippen LogP contribution in [0.3, 0.4) is 0 Å². The van der Waals surface area contributed by atoms with E-state index in [0.717, 1.165) is 6.07 Å². The Balaban J connectivity index is 2.32. The van der Waals surface area contributed by atoms with Gasteiger partial charge in [-0.25, -0.2) is 4.39 Å². The van der Waals surface area contributed by atoms with Crippen molar-refractivity contribution in [2.75, 3.05) is 0 Å². The Bertz CT molecular complexity index is 909. The maximum atomic E-state index is 13.8. The van der Waals surface area contributed by atoms with Crippen LogP contribution in [0.15, 0.2) is 48.5 Å². The zero-order valence-corrected chi connectivity index (χ0v) is 11.6. The molecule has 1 aromatic heterocycles. The van der Waals surface area contributed by atoms with Gasteiger partial charge in [0.2, 0.25) is 0 Å². The van der Waals surface area contributed by atoms with Crippen LogP contribution in [0, 0.1) is 23.2 Å². The van der Waals surface area contributed by atoms with E-state index in [4.69, 9.17) is 0 Å². The number of fused-ring (bicyclic) bond motifs is 1. The number of hydrogen-bond donors (Lipinski definition) is 0. The molecule has 5 nitrogen and oxygen atoms in total.